The van der Waals surface area contributed by atoms with E-state index in [9.17, 15) is 8.78 Å². The molecule has 3 heteroatoms. The normalized spacial score (nSPS) is 17.6. The number of alkyl halides is 2. The van der Waals surface area contributed by atoms with Crippen molar-refractivity contribution in [2.24, 2.45) is 5.92 Å². The van der Waals surface area contributed by atoms with E-state index in [1.165, 1.54) is 24.8 Å². The summed E-state index contributed by atoms with van der Waals surface area (Å²) < 4.78 is 24.7. The third-order valence-corrected chi connectivity index (χ3v) is 3.53. The molecule has 0 radical (unpaired) electrons. The quantitative estimate of drug-likeness (QED) is 0.847. The minimum Gasteiger partial charge on any atom is -0.317 e. The molecule has 94 valence electrons. The molecule has 1 aliphatic rings. The van der Waals surface area contributed by atoms with Crippen LogP contribution in [0.1, 0.15) is 36.8 Å². The molecule has 0 unspecified atom stereocenters. The molecule has 0 amide bonds. The van der Waals surface area contributed by atoms with E-state index < -0.39 is 6.43 Å². The minimum atomic E-state index is -2.35. The maximum absolute atomic E-state index is 12.4. The molecule has 0 saturated carbocycles. The third kappa shape index (κ3) is 3.77. The molecule has 0 spiro atoms. The number of benzene rings is 1. The smallest absolute Gasteiger partial charge is 0.263 e. The standard InChI is InChI=1S/C14H19F2N/c15-14(16)13-5-3-11(4-6-13)1-2-12-7-9-17-10-8-12/h3-6,12,14,17H,1-2,7-10H2. The number of halogens is 2. The summed E-state index contributed by atoms with van der Waals surface area (Å²) in [5.74, 6) is 0.797. The van der Waals surface area contributed by atoms with Crippen LogP contribution in [0.2, 0.25) is 0 Å². The zero-order valence-corrected chi connectivity index (χ0v) is 9.96. The lowest BCUT2D eigenvalue weighted by molar-refractivity contribution is 0.151. The molecule has 1 aliphatic heterocycles. The maximum Gasteiger partial charge on any atom is 0.263 e. The second-order valence-corrected chi connectivity index (χ2v) is 4.77. The van der Waals surface area contributed by atoms with E-state index >= 15 is 0 Å². The average molecular weight is 239 g/mol. The van der Waals surface area contributed by atoms with E-state index in [2.05, 4.69) is 5.32 Å². The summed E-state index contributed by atoms with van der Waals surface area (Å²) in [7, 11) is 0. The Kier molecular flexibility index (Phi) is 4.49. The van der Waals surface area contributed by atoms with Crippen molar-refractivity contribution in [1.82, 2.24) is 5.32 Å². The number of hydrogen-bond acceptors (Lipinski definition) is 1. The van der Waals surface area contributed by atoms with Crippen molar-refractivity contribution in [1.29, 1.82) is 0 Å². The summed E-state index contributed by atoms with van der Waals surface area (Å²) in [6.07, 6.45) is 2.32. The van der Waals surface area contributed by atoms with E-state index in [0.29, 0.717) is 0 Å². The Morgan fingerprint density at radius 2 is 1.76 bits per heavy atom. The molecule has 17 heavy (non-hydrogen) atoms. The average Bonchev–Trinajstić information content (AvgIpc) is 2.38. The van der Waals surface area contributed by atoms with Crippen LogP contribution in [0.25, 0.3) is 0 Å². The Labute approximate surface area is 101 Å². The first-order chi connectivity index (χ1) is 8.25. The first-order valence-electron chi connectivity index (χ1n) is 6.33. The van der Waals surface area contributed by atoms with E-state index in [4.69, 9.17) is 0 Å². The first kappa shape index (κ1) is 12.5. The summed E-state index contributed by atoms with van der Waals surface area (Å²) >= 11 is 0. The highest BCUT2D eigenvalue weighted by Crippen LogP contribution is 2.21. The molecule has 1 aromatic rings. The molecule has 1 saturated heterocycles. The maximum atomic E-state index is 12.4. The molecule has 0 aliphatic carbocycles. The summed E-state index contributed by atoms with van der Waals surface area (Å²) in [6, 6.07) is 6.76. The minimum absolute atomic E-state index is 0.121. The summed E-state index contributed by atoms with van der Waals surface area (Å²) in [5, 5.41) is 3.35. The number of nitrogens with one attached hydrogen (secondary N) is 1. The molecule has 1 nitrogen and oxygen atoms in total. The highest BCUT2D eigenvalue weighted by Gasteiger charge is 2.12. The fourth-order valence-corrected chi connectivity index (χ4v) is 2.37. The first-order valence-corrected chi connectivity index (χ1v) is 6.33. The van der Waals surface area contributed by atoms with Crippen LogP contribution < -0.4 is 5.32 Å². The zero-order valence-electron chi connectivity index (χ0n) is 9.96. The van der Waals surface area contributed by atoms with E-state index in [-0.39, 0.29) is 5.56 Å². The topological polar surface area (TPSA) is 12.0 Å². The molecular weight excluding hydrogens is 220 g/mol. The summed E-state index contributed by atoms with van der Waals surface area (Å²) in [6.45, 7) is 2.24. The highest BCUT2D eigenvalue weighted by molar-refractivity contribution is 5.23. The van der Waals surface area contributed by atoms with Gasteiger partial charge in [-0.2, -0.15) is 0 Å². The second kappa shape index (κ2) is 6.10. The molecule has 0 aromatic heterocycles. The largest absolute Gasteiger partial charge is 0.317 e. The lowest BCUT2D eigenvalue weighted by Crippen LogP contribution is -2.27. The van der Waals surface area contributed by atoms with Crippen molar-refractivity contribution >= 4 is 0 Å². The van der Waals surface area contributed by atoms with Gasteiger partial charge in [0.2, 0.25) is 0 Å². The van der Waals surface area contributed by atoms with E-state index in [1.807, 2.05) is 12.1 Å². The van der Waals surface area contributed by atoms with Gasteiger partial charge >= 0.3 is 0 Å². The predicted molar refractivity (Wildman–Crippen MR) is 65.3 cm³/mol. The van der Waals surface area contributed by atoms with Crippen molar-refractivity contribution in [2.45, 2.75) is 32.1 Å². The van der Waals surface area contributed by atoms with Gasteiger partial charge in [-0.05, 0) is 50.3 Å². The van der Waals surface area contributed by atoms with Gasteiger partial charge in [0.05, 0.1) is 0 Å². The van der Waals surface area contributed by atoms with Crippen LogP contribution >= 0.6 is 0 Å². The van der Waals surface area contributed by atoms with Gasteiger partial charge in [0, 0.05) is 5.56 Å². The summed E-state index contributed by atoms with van der Waals surface area (Å²) in [5.41, 5.74) is 1.29. The Bertz CT molecular complexity index is 329. The van der Waals surface area contributed by atoms with Gasteiger partial charge in [-0.3, -0.25) is 0 Å². The highest BCUT2D eigenvalue weighted by atomic mass is 19.3. The lowest BCUT2D eigenvalue weighted by Gasteiger charge is -2.22. The second-order valence-electron chi connectivity index (χ2n) is 4.77. The lowest BCUT2D eigenvalue weighted by atomic mass is 9.91. The van der Waals surface area contributed by atoms with Gasteiger partial charge in [-0.25, -0.2) is 8.78 Å². The van der Waals surface area contributed by atoms with Crippen LogP contribution in [-0.2, 0) is 6.42 Å². The van der Waals surface area contributed by atoms with Crippen LogP contribution in [0.5, 0.6) is 0 Å². The van der Waals surface area contributed by atoms with Crippen molar-refractivity contribution < 1.29 is 8.78 Å². The number of piperidine rings is 1. The van der Waals surface area contributed by atoms with Gasteiger partial charge in [-0.15, -0.1) is 0 Å². The van der Waals surface area contributed by atoms with Crippen LogP contribution in [-0.4, -0.2) is 13.1 Å². The zero-order chi connectivity index (χ0) is 12.1. The van der Waals surface area contributed by atoms with Crippen LogP contribution in [0, 0.1) is 5.92 Å². The summed E-state index contributed by atoms with van der Waals surface area (Å²) in [4.78, 5) is 0. The van der Waals surface area contributed by atoms with Crippen LogP contribution in [0.15, 0.2) is 24.3 Å². The van der Waals surface area contributed by atoms with Crippen LogP contribution in [0.3, 0.4) is 0 Å². The molecule has 1 heterocycles. The van der Waals surface area contributed by atoms with E-state index in [1.54, 1.807) is 12.1 Å². The van der Waals surface area contributed by atoms with Gasteiger partial charge < -0.3 is 5.32 Å². The van der Waals surface area contributed by atoms with Gasteiger partial charge in [0.15, 0.2) is 0 Å². The fraction of sp³-hybridized carbons (Fsp3) is 0.571. The number of rotatable bonds is 4. The SMILES string of the molecule is FC(F)c1ccc(CCC2CCNCC2)cc1. The Hall–Kier alpha value is -0.960. The van der Waals surface area contributed by atoms with Crippen molar-refractivity contribution in [2.75, 3.05) is 13.1 Å². The third-order valence-electron chi connectivity index (χ3n) is 3.53. The Morgan fingerprint density at radius 1 is 1.12 bits per heavy atom. The molecule has 1 fully saturated rings. The predicted octanol–water partition coefficient (Wildman–Crippen LogP) is 3.56. The van der Waals surface area contributed by atoms with E-state index in [0.717, 1.165) is 25.4 Å². The van der Waals surface area contributed by atoms with Gasteiger partial charge in [-0.1, -0.05) is 24.3 Å². The molecule has 0 bridgehead atoms. The molecule has 2 rings (SSSR count). The number of aryl methyl sites for hydroxylation is 1. The molecular formula is C14H19F2N. The van der Waals surface area contributed by atoms with Gasteiger partial charge in [0.25, 0.3) is 6.43 Å². The fourth-order valence-electron chi connectivity index (χ4n) is 2.37. The van der Waals surface area contributed by atoms with Crippen molar-refractivity contribution in [3.8, 4) is 0 Å². The van der Waals surface area contributed by atoms with Crippen molar-refractivity contribution in [3.63, 3.8) is 0 Å². The molecule has 1 aromatic carbocycles. The molecule has 1 N–H and O–H groups in total. The Balaban J connectivity index is 1.82. The van der Waals surface area contributed by atoms with Crippen LogP contribution in [0.4, 0.5) is 8.78 Å². The van der Waals surface area contributed by atoms with Crippen molar-refractivity contribution in [3.05, 3.63) is 35.4 Å². The van der Waals surface area contributed by atoms with Gasteiger partial charge in [0.1, 0.15) is 0 Å². The number of hydrogen-bond donors (Lipinski definition) is 1. The Morgan fingerprint density at radius 3 is 2.35 bits per heavy atom. The monoisotopic (exact) mass is 239 g/mol. The molecule has 0 atom stereocenters.